The smallest absolute Gasteiger partial charge is 0.462 e. The van der Waals surface area contributed by atoms with Crippen LogP contribution >= 0.6 is 15.6 Å². The van der Waals surface area contributed by atoms with E-state index >= 15 is 0 Å². The van der Waals surface area contributed by atoms with Gasteiger partial charge in [0.15, 0.2) is 12.2 Å². The molecule has 0 heterocycles. The lowest BCUT2D eigenvalue weighted by atomic mass is 10.0. The molecule has 2 unspecified atom stereocenters. The molecule has 0 bridgehead atoms. The van der Waals surface area contributed by atoms with Gasteiger partial charge < -0.3 is 33.8 Å². The van der Waals surface area contributed by atoms with E-state index in [4.69, 9.17) is 37.0 Å². The van der Waals surface area contributed by atoms with Gasteiger partial charge in [-0.3, -0.25) is 37.3 Å². The maximum absolute atomic E-state index is 13.0. The quantitative estimate of drug-likeness (QED) is 0.0222. The average Bonchev–Trinajstić information content (AvgIpc) is 3.66. The van der Waals surface area contributed by atoms with Crippen molar-refractivity contribution in [1.29, 1.82) is 0 Å². The number of carbonyl (C=O) groups is 4. The lowest BCUT2D eigenvalue weighted by Gasteiger charge is -2.21. The van der Waals surface area contributed by atoms with Gasteiger partial charge in [-0.25, -0.2) is 9.13 Å². The number of esters is 4. The van der Waals surface area contributed by atoms with E-state index in [9.17, 15) is 43.2 Å². The summed E-state index contributed by atoms with van der Waals surface area (Å²) in [4.78, 5) is 72.3. The second-order valence-electron chi connectivity index (χ2n) is 25.2. The zero-order chi connectivity index (χ0) is 63.6. The molecule has 19 heteroatoms. The summed E-state index contributed by atoms with van der Waals surface area (Å²) in [7, 11) is -9.89. The van der Waals surface area contributed by atoms with Crippen LogP contribution in [0.25, 0.3) is 0 Å². The van der Waals surface area contributed by atoms with Gasteiger partial charge in [-0.1, -0.05) is 286 Å². The second kappa shape index (κ2) is 59.4. The first kappa shape index (κ1) is 84.1. The molecule has 0 aliphatic heterocycles. The Balaban J connectivity index is 5.24. The predicted molar refractivity (Wildman–Crippen MR) is 345 cm³/mol. The highest BCUT2D eigenvalue weighted by Crippen LogP contribution is 2.45. The number of phosphoric ester groups is 2. The van der Waals surface area contributed by atoms with E-state index in [1.54, 1.807) is 0 Å². The van der Waals surface area contributed by atoms with Gasteiger partial charge in [-0.2, -0.15) is 0 Å². The summed E-state index contributed by atoms with van der Waals surface area (Å²) < 4.78 is 68.1. The minimum Gasteiger partial charge on any atom is -0.462 e. The molecular weight excluding hydrogens is 1140 g/mol. The molecule has 0 fully saturated rings. The molecule has 0 aromatic rings. The fourth-order valence-corrected chi connectivity index (χ4v) is 11.6. The average molecular weight is 1270 g/mol. The van der Waals surface area contributed by atoms with Crippen LogP contribution in [0.3, 0.4) is 0 Å². The standard InChI is InChI=1S/C67H130O17P2/c1-7-9-11-13-15-17-18-21-25-32-38-44-50-65(70)78-56-62(83-66(71)51-45-39-33-26-22-19-20-24-29-35-41-47-59(3)4)57-81-85(73,74)79-53-61(68)54-80-86(75,76)82-58-63(55-77-64(69)49-43-37-31-23-16-14-12-10-8-2)84-67(72)52-46-40-34-28-27-30-36-42-48-60(5)6/h59-63,68H,7-58H2,1-6H3,(H,73,74)(H,75,76)/t61-,62-,63-/m1/s1. The van der Waals surface area contributed by atoms with Crippen molar-refractivity contribution in [3.8, 4) is 0 Å². The minimum absolute atomic E-state index is 0.104. The van der Waals surface area contributed by atoms with Gasteiger partial charge in [0.1, 0.15) is 19.3 Å². The van der Waals surface area contributed by atoms with E-state index in [0.29, 0.717) is 25.7 Å². The molecule has 0 aliphatic rings. The van der Waals surface area contributed by atoms with Gasteiger partial charge in [0.05, 0.1) is 26.4 Å². The van der Waals surface area contributed by atoms with Gasteiger partial charge >= 0.3 is 39.5 Å². The Morgan fingerprint density at radius 1 is 0.314 bits per heavy atom. The van der Waals surface area contributed by atoms with E-state index in [-0.39, 0.29) is 25.7 Å². The molecule has 3 N–H and O–H groups in total. The van der Waals surface area contributed by atoms with E-state index in [0.717, 1.165) is 102 Å². The third kappa shape index (κ3) is 60.9. The SMILES string of the molecule is CCCCCCCCCCCCCCC(=O)OC[C@H](COP(=O)(O)OC[C@@H](O)COP(=O)(O)OC[C@@H](COC(=O)CCCCCCCCCCC)OC(=O)CCCCCCCCCCC(C)C)OC(=O)CCCCCCCCCCCCCC(C)C. The maximum atomic E-state index is 13.0. The van der Waals surface area contributed by atoms with Crippen LogP contribution in [0.15, 0.2) is 0 Å². The fraction of sp³-hybridized carbons (Fsp3) is 0.940. The molecule has 0 rings (SSSR count). The van der Waals surface area contributed by atoms with Crippen LogP contribution < -0.4 is 0 Å². The van der Waals surface area contributed by atoms with Crippen molar-refractivity contribution >= 4 is 39.5 Å². The summed E-state index contributed by atoms with van der Waals surface area (Å²) >= 11 is 0. The fourth-order valence-electron chi connectivity index (χ4n) is 10.1. The molecule has 0 spiro atoms. The largest absolute Gasteiger partial charge is 0.472 e. The molecule has 0 aromatic carbocycles. The van der Waals surface area contributed by atoms with Gasteiger partial charge in [-0.05, 0) is 37.5 Å². The Morgan fingerprint density at radius 2 is 0.535 bits per heavy atom. The van der Waals surface area contributed by atoms with Gasteiger partial charge in [0, 0.05) is 25.7 Å². The number of aliphatic hydroxyl groups excluding tert-OH is 1. The molecule has 0 radical (unpaired) electrons. The van der Waals surface area contributed by atoms with Crippen molar-refractivity contribution in [2.75, 3.05) is 39.6 Å². The second-order valence-corrected chi connectivity index (χ2v) is 28.1. The lowest BCUT2D eigenvalue weighted by molar-refractivity contribution is -0.161. The number of phosphoric acid groups is 2. The number of unbranched alkanes of at least 4 members (excludes halogenated alkanes) is 36. The van der Waals surface area contributed by atoms with Crippen molar-refractivity contribution in [1.82, 2.24) is 0 Å². The number of hydrogen-bond donors (Lipinski definition) is 3. The van der Waals surface area contributed by atoms with E-state index in [1.165, 1.54) is 154 Å². The molecular formula is C67H130O17P2. The summed E-state index contributed by atoms with van der Waals surface area (Å²) in [5.41, 5.74) is 0. The Hall–Kier alpha value is -1.94. The van der Waals surface area contributed by atoms with Gasteiger partial charge in [-0.15, -0.1) is 0 Å². The van der Waals surface area contributed by atoms with Gasteiger partial charge in [0.25, 0.3) is 0 Å². The van der Waals surface area contributed by atoms with Crippen molar-refractivity contribution in [3.63, 3.8) is 0 Å². The Morgan fingerprint density at radius 3 is 0.791 bits per heavy atom. The van der Waals surface area contributed by atoms with Crippen LogP contribution in [0.5, 0.6) is 0 Å². The van der Waals surface area contributed by atoms with Crippen molar-refractivity contribution in [2.24, 2.45) is 11.8 Å². The Labute approximate surface area is 524 Å². The van der Waals surface area contributed by atoms with Gasteiger partial charge in [0.2, 0.25) is 0 Å². The van der Waals surface area contributed by atoms with Crippen LogP contribution in [0, 0.1) is 11.8 Å². The highest BCUT2D eigenvalue weighted by Gasteiger charge is 2.30. The van der Waals surface area contributed by atoms with Crippen LogP contribution in [0.4, 0.5) is 0 Å². The first-order chi connectivity index (χ1) is 41.4. The van der Waals surface area contributed by atoms with Crippen LogP contribution in [0.2, 0.25) is 0 Å². The molecule has 17 nitrogen and oxygen atoms in total. The summed E-state index contributed by atoms with van der Waals surface area (Å²) in [5, 5.41) is 10.6. The normalized spacial score (nSPS) is 14.2. The summed E-state index contributed by atoms with van der Waals surface area (Å²) in [6, 6.07) is 0. The zero-order valence-corrected chi connectivity index (χ0v) is 57.4. The number of carbonyl (C=O) groups excluding carboxylic acids is 4. The molecule has 0 saturated carbocycles. The Kier molecular flexibility index (Phi) is 58.0. The highest BCUT2D eigenvalue weighted by atomic mass is 31.2. The van der Waals surface area contributed by atoms with E-state index in [2.05, 4.69) is 41.5 Å². The zero-order valence-electron chi connectivity index (χ0n) is 55.6. The number of hydrogen-bond acceptors (Lipinski definition) is 15. The van der Waals surface area contributed by atoms with E-state index in [1.807, 2.05) is 0 Å². The monoisotopic (exact) mass is 1270 g/mol. The highest BCUT2D eigenvalue weighted by molar-refractivity contribution is 7.47. The van der Waals surface area contributed by atoms with Crippen molar-refractivity contribution in [3.05, 3.63) is 0 Å². The minimum atomic E-state index is -4.95. The van der Waals surface area contributed by atoms with Crippen LogP contribution in [-0.2, 0) is 65.4 Å². The molecule has 0 saturated heterocycles. The lowest BCUT2D eigenvalue weighted by Crippen LogP contribution is -2.30. The number of aliphatic hydroxyl groups is 1. The summed E-state index contributed by atoms with van der Waals surface area (Å²) in [5.74, 6) is -0.646. The summed E-state index contributed by atoms with van der Waals surface area (Å²) in [6.45, 7) is 9.47. The van der Waals surface area contributed by atoms with Crippen LogP contribution in [-0.4, -0.2) is 96.7 Å². The third-order valence-electron chi connectivity index (χ3n) is 15.5. The first-order valence-corrected chi connectivity index (χ1v) is 38.0. The van der Waals surface area contributed by atoms with Crippen LogP contribution in [0.1, 0.15) is 337 Å². The molecule has 510 valence electrons. The first-order valence-electron chi connectivity index (χ1n) is 35.0. The molecule has 0 aromatic heterocycles. The summed E-state index contributed by atoms with van der Waals surface area (Å²) in [6.07, 6.45) is 43.0. The maximum Gasteiger partial charge on any atom is 0.472 e. The third-order valence-corrected chi connectivity index (χ3v) is 17.4. The topological polar surface area (TPSA) is 237 Å². The number of rotatable bonds is 66. The number of ether oxygens (including phenoxy) is 4. The Bertz CT molecular complexity index is 1680. The molecule has 0 aliphatic carbocycles. The molecule has 86 heavy (non-hydrogen) atoms. The van der Waals surface area contributed by atoms with Crippen molar-refractivity contribution < 1.29 is 80.2 Å². The predicted octanol–water partition coefficient (Wildman–Crippen LogP) is 18.8. The van der Waals surface area contributed by atoms with E-state index < -0.39 is 97.5 Å². The van der Waals surface area contributed by atoms with Crippen molar-refractivity contribution in [2.45, 2.75) is 355 Å². The molecule has 0 amide bonds. The molecule has 5 atom stereocenters.